The minimum absolute atomic E-state index is 0.0249. The van der Waals surface area contributed by atoms with Gasteiger partial charge in [0.2, 0.25) is 5.91 Å². The fraction of sp³-hybridized carbons (Fsp3) is 0.273. The topological polar surface area (TPSA) is 81.1 Å². The number of carbonyl (C=O) groups is 2. The number of fused-ring (bicyclic) bond motifs is 1. The van der Waals surface area contributed by atoms with E-state index in [1.54, 1.807) is 47.9 Å². The summed E-state index contributed by atoms with van der Waals surface area (Å²) in [5, 5.41) is 3.49. The zero-order valence-corrected chi connectivity index (χ0v) is 17.5. The van der Waals surface area contributed by atoms with Crippen molar-refractivity contribution in [2.24, 2.45) is 0 Å². The smallest absolute Gasteiger partial charge is 0.262 e. The fourth-order valence-electron chi connectivity index (χ4n) is 2.90. The Kier molecular flexibility index (Phi) is 6.49. The van der Waals surface area contributed by atoms with E-state index in [2.05, 4.69) is 10.3 Å². The molecule has 0 radical (unpaired) electrons. The second-order valence-corrected chi connectivity index (χ2v) is 8.06. The zero-order valence-electron chi connectivity index (χ0n) is 16.6. The molecule has 1 heterocycles. The number of hydrogen-bond acceptors (Lipinski definition) is 5. The van der Waals surface area contributed by atoms with Gasteiger partial charge in [-0.1, -0.05) is 30.8 Å². The number of benzene rings is 2. The Balaban J connectivity index is 1.81. The first-order valence-corrected chi connectivity index (χ1v) is 10.4. The van der Waals surface area contributed by atoms with E-state index in [-0.39, 0.29) is 17.2 Å². The lowest BCUT2D eigenvalue weighted by molar-refractivity contribution is -0.115. The average Bonchev–Trinajstić information content (AvgIpc) is 2.71. The Hall–Kier alpha value is -2.93. The Bertz CT molecular complexity index is 1110. The fourth-order valence-corrected chi connectivity index (χ4v) is 3.84. The summed E-state index contributed by atoms with van der Waals surface area (Å²) in [5.41, 5.74) is 1.74. The van der Waals surface area contributed by atoms with Gasteiger partial charge in [-0.3, -0.25) is 19.0 Å². The lowest BCUT2D eigenvalue weighted by Crippen LogP contribution is -2.27. The molecule has 1 amide bonds. The van der Waals surface area contributed by atoms with E-state index in [1.165, 1.54) is 18.7 Å². The first-order chi connectivity index (χ1) is 13.9. The quantitative estimate of drug-likeness (QED) is 0.360. The number of para-hydroxylation sites is 1. The summed E-state index contributed by atoms with van der Waals surface area (Å²) in [4.78, 5) is 41.5. The summed E-state index contributed by atoms with van der Waals surface area (Å²) in [7, 11) is 0. The van der Waals surface area contributed by atoms with E-state index in [1.807, 2.05) is 19.1 Å². The Morgan fingerprint density at radius 3 is 2.48 bits per heavy atom. The minimum Gasteiger partial charge on any atom is -0.325 e. The van der Waals surface area contributed by atoms with Crippen molar-refractivity contribution in [3.63, 3.8) is 0 Å². The molecule has 6 nitrogen and oxygen atoms in total. The molecule has 7 heteroatoms. The van der Waals surface area contributed by atoms with Crippen LogP contribution in [0.3, 0.4) is 0 Å². The summed E-state index contributed by atoms with van der Waals surface area (Å²) >= 11 is 1.26. The van der Waals surface area contributed by atoms with Crippen molar-refractivity contribution in [3.05, 3.63) is 64.4 Å². The van der Waals surface area contributed by atoms with Gasteiger partial charge >= 0.3 is 0 Å². The molecular formula is C22H23N3O3S. The molecule has 1 N–H and O–H groups in total. The van der Waals surface area contributed by atoms with Gasteiger partial charge in [0.05, 0.1) is 16.2 Å². The number of nitrogens with one attached hydrogen (secondary N) is 1. The van der Waals surface area contributed by atoms with Gasteiger partial charge < -0.3 is 5.32 Å². The van der Waals surface area contributed by atoms with Gasteiger partial charge in [-0.2, -0.15) is 0 Å². The number of thioether (sulfide) groups is 1. The van der Waals surface area contributed by atoms with E-state index in [0.717, 1.165) is 6.42 Å². The van der Waals surface area contributed by atoms with E-state index < -0.39 is 5.25 Å². The van der Waals surface area contributed by atoms with Crippen LogP contribution in [0.4, 0.5) is 5.69 Å². The molecule has 0 fully saturated rings. The molecule has 0 aliphatic rings. The number of anilines is 1. The highest BCUT2D eigenvalue weighted by molar-refractivity contribution is 8.00. The molecule has 0 aliphatic carbocycles. The lowest BCUT2D eigenvalue weighted by Gasteiger charge is -2.16. The van der Waals surface area contributed by atoms with E-state index in [9.17, 15) is 14.4 Å². The van der Waals surface area contributed by atoms with Gasteiger partial charge in [-0.05, 0) is 56.7 Å². The van der Waals surface area contributed by atoms with Crippen LogP contribution in [0.25, 0.3) is 10.9 Å². The number of rotatable bonds is 7. The largest absolute Gasteiger partial charge is 0.325 e. The third-order valence-corrected chi connectivity index (χ3v) is 5.57. The molecule has 0 spiro atoms. The molecule has 0 aliphatic heterocycles. The van der Waals surface area contributed by atoms with E-state index in [4.69, 9.17) is 0 Å². The van der Waals surface area contributed by atoms with Gasteiger partial charge in [-0.15, -0.1) is 0 Å². The molecule has 1 unspecified atom stereocenters. The van der Waals surface area contributed by atoms with E-state index in [0.29, 0.717) is 33.9 Å². The van der Waals surface area contributed by atoms with Gasteiger partial charge in [0.25, 0.3) is 5.56 Å². The number of amides is 1. The van der Waals surface area contributed by atoms with Gasteiger partial charge in [0.1, 0.15) is 0 Å². The highest BCUT2D eigenvalue weighted by Crippen LogP contribution is 2.24. The van der Waals surface area contributed by atoms with E-state index >= 15 is 0 Å². The Morgan fingerprint density at radius 2 is 1.83 bits per heavy atom. The van der Waals surface area contributed by atoms with Crippen molar-refractivity contribution in [3.8, 4) is 0 Å². The summed E-state index contributed by atoms with van der Waals surface area (Å²) in [6, 6.07) is 14.0. The third-order valence-electron chi connectivity index (χ3n) is 4.48. The van der Waals surface area contributed by atoms with Crippen molar-refractivity contribution in [2.45, 2.75) is 44.1 Å². The normalized spacial score (nSPS) is 12.0. The van der Waals surface area contributed by atoms with Crippen LogP contribution in [0.1, 0.15) is 37.6 Å². The SMILES string of the molecule is CCCn1c(SC(C)C(=O)Nc2ccc(C(C)=O)cc2)nc2ccccc2c1=O. The average molecular weight is 410 g/mol. The molecule has 0 saturated carbocycles. The molecule has 29 heavy (non-hydrogen) atoms. The van der Waals surface area contributed by atoms with Crippen LogP contribution in [-0.2, 0) is 11.3 Å². The number of ketones is 1. The predicted molar refractivity (Wildman–Crippen MR) is 117 cm³/mol. The van der Waals surface area contributed by atoms with Gasteiger partial charge in [0, 0.05) is 17.8 Å². The zero-order chi connectivity index (χ0) is 21.0. The van der Waals surface area contributed by atoms with Crippen molar-refractivity contribution < 1.29 is 9.59 Å². The van der Waals surface area contributed by atoms with Crippen LogP contribution in [0, 0.1) is 0 Å². The molecule has 1 aromatic heterocycles. The van der Waals surface area contributed by atoms with Gasteiger partial charge in [-0.25, -0.2) is 4.98 Å². The molecule has 0 saturated heterocycles. The molecule has 3 aromatic rings. The summed E-state index contributed by atoms with van der Waals surface area (Å²) in [6.07, 6.45) is 0.788. The monoisotopic (exact) mass is 409 g/mol. The molecule has 1 atom stereocenters. The van der Waals surface area contributed by atoms with Crippen molar-refractivity contribution in [2.75, 3.05) is 5.32 Å². The lowest BCUT2D eigenvalue weighted by atomic mass is 10.1. The summed E-state index contributed by atoms with van der Waals surface area (Å²) in [5.74, 6) is -0.223. The molecule has 150 valence electrons. The minimum atomic E-state index is -0.460. The first-order valence-electron chi connectivity index (χ1n) is 9.48. The van der Waals surface area contributed by atoms with Crippen LogP contribution in [-0.4, -0.2) is 26.5 Å². The third kappa shape index (κ3) is 4.74. The number of aromatic nitrogens is 2. The highest BCUT2D eigenvalue weighted by atomic mass is 32.2. The number of nitrogens with zero attached hydrogens (tertiary/aromatic N) is 2. The van der Waals surface area contributed by atoms with Crippen LogP contribution < -0.4 is 10.9 Å². The second kappa shape index (κ2) is 9.05. The Morgan fingerprint density at radius 1 is 1.14 bits per heavy atom. The molecule has 3 rings (SSSR count). The molecule has 2 aromatic carbocycles. The van der Waals surface area contributed by atoms with Crippen LogP contribution in [0.15, 0.2) is 58.5 Å². The van der Waals surface area contributed by atoms with Crippen molar-refractivity contribution in [1.29, 1.82) is 0 Å². The van der Waals surface area contributed by atoms with Gasteiger partial charge in [0.15, 0.2) is 10.9 Å². The maximum absolute atomic E-state index is 12.9. The van der Waals surface area contributed by atoms with Crippen molar-refractivity contribution in [1.82, 2.24) is 9.55 Å². The standard InChI is InChI=1S/C22H23N3O3S/c1-4-13-25-21(28)18-7-5-6-8-19(18)24-22(25)29-15(3)20(27)23-17-11-9-16(10-12-17)14(2)26/h5-12,15H,4,13H2,1-3H3,(H,23,27). The second-order valence-electron chi connectivity index (χ2n) is 6.75. The van der Waals surface area contributed by atoms with Crippen LogP contribution in [0.5, 0.6) is 0 Å². The molecular weight excluding hydrogens is 386 g/mol. The maximum Gasteiger partial charge on any atom is 0.262 e. The molecule has 0 bridgehead atoms. The number of hydrogen-bond donors (Lipinski definition) is 1. The maximum atomic E-state index is 12.9. The summed E-state index contributed by atoms with van der Waals surface area (Å²) < 4.78 is 1.64. The van der Waals surface area contributed by atoms with Crippen LogP contribution in [0.2, 0.25) is 0 Å². The van der Waals surface area contributed by atoms with Crippen molar-refractivity contribution >= 4 is 40.0 Å². The summed E-state index contributed by atoms with van der Waals surface area (Å²) in [6.45, 7) is 5.82. The number of Topliss-reactive ketones (excluding diaryl/α,β-unsaturated/α-hetero) is 1. The predicted octanol–water partition coefficient (Wildman–Crippen LogP) is 4.13. The Labute approximate surface area is 173 Å². The van der Waals surface area contributed by atoms with Crippen LogP contribution >= 0.6 is 11.8 Å². The first kappa shape index (κ1) is 20.8. The highest BCUT2D eigenvalue weighted by Gasteiger charge is 2.19. The number of carbonyl (C=O) groups excluding carboxylic acids is 2.